The topological polar surface area (TPSA) is 82.7 Å². The van der Waals surface area contributed by atoms with Crippen LogP contribution in [-0.4, -0.2) is 30.6 Å². The van der Waals surface area contributed by atoms with Gasteiger partial charge in [0, 0.05) is 24.0 Å². The van der Waals surface area contributed by atoms with Crippen LogP contribution >= 0.6 is 0 Å². The average molecular weight is 310 g/mol. The summed E-state index contributed by atoms with van der Waals surface area (Å²) in [6.07, 6.45) is 10.1. The number of fused-ring (bicyclic) bond motifs is 1. The Morgan fingerprint density at radius 3 is 2.74 bits per heavy atom. The summed E-state index contributed by atoms with van der Waals surface area (Å²) in [5, 5.41) is 22.9. The lowest BCUT2D eigenvalue weighted by molar-refractivity contribution is 0.404. The van der Waals surface area contributed by atoms with E-state index in [0.29, 0.717) is 6.04 Å². The number of imidazole rings is 1. The van der Waals surface area contributed by atoms with Gasteiger partial charge in [-0.2, -0.15) is 0 Å². The van der Waals surface area contributed by atoms with Crippen LogP contribution in [0.15, 0.2) is 36.8 Å². The zero-order chi connectivity index (χ0) is 15.8. The largest absolute Gasteiger partial charge is 0.504 e. The van der Waals surface area contributed by atoms with E-state index in [4.69, 9.17) is 0 Å². The maximum absolute atomic E-state index is 9.79. The number of aromatic hydroxyl groups is 2. The van der Waals surface area contributed by atoms with E-state index in [1.807, 2.05) is 10.6 Å². The molecule has 0 unspecified atom stereocenters. The minimum Gasteiger partial charge on any atom is -0.504 e. The zero-order valence-corrected chi connectivity index (χ0v) is 12.6. The third-order valence-corrected chi connectivity index (χ3v) is 4.38. The van der Waals surface area contributed by atoms with Crippen molar-refractivity contribution in [1.29, 1.82) is 0 Å². The van der Waals surface area contributed by atoms with Gasteiger partial charge in [-0.1, -0.05) is 12.8 Å². The minimum atomic E-state index is -0.149. The molecule has 0 amide bonds. The third-order valence-electron chi connectivity index (χ3n) is 4.38. The summed E-state index contributed by atoms with van der Waals surface area (Å²) in [7, 11) is 0. The first-order valence-electron chi connectivity index (χ1n) is 7.83. The molecule has 4 rings (SSSR count). The highest BCUT2D eigenvalue weighted by Crippen LogP contribution is 2.35. The second-order valence-corrected chi connectivity index (χ2v) is 5.94. The fraction of sp³-hybridized carbons (Fsp3) is 0.294. The van der Waals surface area contributed by atoms with E-state index in [-0.39, 0.29) is 11.5 Å². The molecule has 23 heavy (non-hydrogen) atoms. The number of hydrogen-bond acceptors (Lipinski definition) is 5. The molecule has 6 heteroatoms. The lowest BCUT2D eigenvalue weighted by atomic mass is 10.1. The Morgan fingerprint density at radius 1 is 1.13 bits per heavy atom. The van der Waals surface area contributed by atoms with Crippen molar-refractivity contribution in [3.05, 3.63) is 36.8 Å². The molecule has 0 spiro atoms. The van der Waals surface area contributed by atoms with Crippen molar-refractivity contribution in [3.63, 3.8) is 0 Å². The van der Waals surface area contributed by atoms with Gasteiger partial charge in [-0.25, -0.2) is 4.98 Å². The van der Waals surface area contributed by atoms with Crippen molar-refractivity contribution in [2.75, 3.05) is 5.32 Å². The molecule has 1 aromatic carbocycles. The lowest BCUT2D eigenvalue weighted by Gasteiger charge is -2.14. The van der Waals surface area contributed by atoms with E-state index in [1.54, 1.807) is 18.5 Å². The summed E-state index contributed by atoms with van der Waals surface area (Å²) in [6, 6.07) is 5.20. The van der Waals surface area contributed by atoms with Crippen molar-refractivity contribution in [3.8, 4) is 22.8 Å². The van der Waals surface area contributed by atoms with Crippen molar-refractivity contribution in [1.82, 2.24) is 14.4 Å². The predicted molar refractivity (Wildman–Crippen MR) is 87.6 cm³/mol. The molecule has 118 valence electrons. The second-order valence-electron chi connectivity index (χ2n) is 5.94. The van der Waals surface area contributed by atoms with Gasteiger partial charge in [-0.3, -0.25) is 9.38 Å². The Morgan fingerprint density at radius 2 is 1.96 bits per heavy atom. The standard InChI is InChI=1S/C17H18N4O2/c22-13-6-5-11(9-14(13)23)16-17(19-12-3-1-2-4-12)21-8-7-18-10-15(21)20-16/h5-10,12,19,22-23H,1-4H2. The van der Waals surface area contributed by atoms with Crippen LogP contribution in [0.3, 0.4) is 0 Å². The molecule has 1 aliphatic carbocycles. The monoisotopic (exact) mass is 310 g/mol. The molecular formula is C17H18N4O2. The maximum Gasteiger partial charge on any atom is 0.158 e. The van der Waals surface area contributed by atoms with Crippen molar-refractivity contribution in [2.24, 2.45) is 0 Å². The number of rotatable bonds is 3. The Kier molecular flexibility index (Phi) is 3.29. The predicted octanol–water partition coefficient (Wildman–Crippen LogP) is 3.16. The first-order chi connectivity index (χ1) is 11.2. The number of anilines is 1. The molecule has 6 nitrogen and oxygen atoms in total. The van der Waals surface area contributed by atoms with Crippen molar-refractivity contribution >= 4 is 11.5 Å². The first-order valence-corrected chi connectivity index (χ1v) is 7.83. The van der Waals surface area contributed by atoms with Crippen LogP contribution in [-0.2, 0) is 0 Å². The van der Waals surface area contributed by atoms with Gasteiger partial charge >= 0.3 is 0 Å². The van der Waals surface area contributed by atoms with Crippen molar-refractivity contribution < 1.29 is 10.2 Å². The van der Waals surface area contributed by atoms with Gasteiger partial charge in [0.15, 0.2) is 17.1 Å². The molecule has 0 bridgehead atoms. The Balaban J connectivity index is 1.85. The molecule has 1 aliphatic rings. The molecule has 2 heterocycles. The van der Waals surface area contributed by atoms with E-state index in [2.05, 4.69) is 15.3 Å². The van der Waals surface area contributed by atoms with Crippen LogP contribution in [0.25, 0.3) is 16.9 Å². The van der Waals surface area contributed by atoms with E-state index in [0.717, 1.165) is 35.6 Å². The summed E-state index contributed by atoms with van der Waals surface area (Å²) < 4.78 is 1.98. The average Bonchev–Trinajstić information content (AvgIpc) is 3.19. The summed E-state index contributed by atoms with van der Waals surface area (Å²) in [5.41, 5.74) is 2.25. The van der Waals surface area contributed by atoms with Gasteiger partial charge in [-0.05, 0) is 31.0 Å². The van der Waals surface area contributed by atoms with Crippen LogP contribution < -0.4 is 5.32 Å². The number of benzene rings is 1. The van der Waals surface area contributed by atoms with Gasteiger partial charge in [0.25, 0.3) is 0 Å². The van der Waals surface area contributed by atoms with Gasteiger partial charge in [0.1, 0.15) is 11.5 Å². The molecule has 0 atom stereocenters. The molecule has 1 fully saturated rings. The van der Waals surface area contributed by atoms with Gasteiger partial charge in [0.2, 0.25) is 0 Å². The molecule has 0 aliphatic heterocycles. The summed E-state index contributed by atoms with van der Waals surface area (Å²) in [6.45, 7) is 0. The van der Waals surface area contributed by atoms with Crippen LogP contribution in [0.1, 0.15) is 25.7 Å². The van der Waals surface area contributed by atoms with E-state index < -0.39 is 0 Å². The fourth-order valence-electron chi connectivity index (χ4n) is 3.18. The van der Waals surface area contributed by atoms with Crippen LogP contribution in [0, 0.1) is 0 Å². The number of nitrogens with zero attached hydrogens (tertiary/aromatic N) is 3. The number of phenols is 2. The Hall–Kier alpha value is -2.76. The molecule has 0 radical (unpaired) electrons. The number of hydrogen-bond donors (Lipinski definition) is 3. The molecule has 1 saturated carbocycles. The molecule has 3 aromatic rings. The van der Waals surface area contributed by atoms with E-state index in [9.17, 15) is 10.2 Å². The van der Waals surface area contributed by atoms with E-state index >= 15 is 0 Å². The zero-order valence-electron chi connectivity index (χ0n) is 12.6. The highest BCUT2D eigenvalue weighted by Gasteiger charge is 2.21. The van der Waals surface area contributed by atoms with Crippen LogP contribution in [0.5, 0.6) is 11.5 Å². The van der Waals surface area contributed by atoms with Crippen LogP contribution in [0.4, 0.5) is 5.82 Å². The quantitative estimate of drug-likeness (QED) is 0.647. The lowest BCUT2D eigenvalue weighted by Crippen LogP contribution is -2.16. The Bertz CT molecular complexity index is 853. The maximum atomic E-state index is 9.79. The van der Waals surface area contributed by atoms with E-state index in [1.165, 1.54) is 25.0 Å². The summed E-state index contributed by atoms with van der Waals surface area (Å²) in [5.74, 6) is 0.619. The van der Waals surface area contributed by atoms with Crippen LogP contribution in [0.2, 0.25) is 0 Å². The number of aromatic nitrogens is 3. The fourth-order valence-corrected chi connectivity index (χ4v) is 3.18. The smallest absolute Gasteiger partial charge is 0.158 e. The molecular weight excluding hydrogens is 292 g/mol. The second kappa shape index (κ2) is 5.46. The summed E-state index contributed by atoms with van der Waals surface area (Å²) in [4.78, 5) is 8.76. The minimum absolute atomic E-state index is 0.135. The molecule has 2 aromatic heterocycles. The highest BCUT2D eigenvalue weighted by atomic mass is 16.3. The number of nitrogens with one attached hydrogen (secondary N) is 1. The summed E-state index contributed by atoms with van der Waals surface area (Å²) >= 11 is 0. The van der Waals surface area contributed by atoms with Gasteiger partial charge < -0.3 is 15.5 Å². The third kappa shape index (κ3) is 2.46. The van der Waals surface area contributed by atoms with Gasteiger partial charge in [0.05, 0.1) is 6.20 Å². The van der Waals surface area contributed by atoms with Gasteiger partial charge in [-0.15, -0.1) is 0 Å². The normalized spacial score (nSPS) is 15.3. The number of phenolic OH excluding ortho intramolecular Hbond substituents is 2. The Labute approximate surface area is 133 Å². The SMILES string of the molecule is Oc1ccc(-c2nc3cnccn3c2NC2CCCC2)cc1O. The van der Waals surface area contributed by atoms with Crippen molar-refractivity contribution in [2.45, 2.75) is 31.7 Å². The molecule has 0 saturated heterocycles. The molecule has 3 N–H and O–H groups in total. The highest BCUT2D eigenvalue weighted by molar-refractivity contribution is 5.77. The first kappa shape index (κ1) is 13.9.